The second-order valence-corrected chi connectivity index (χ2v) is 3.69. The first-order valence-electron chi connectivity index (χ1n) is 5.13. The zero-order valence-electron chi connectivity index (χ0n) is 10.1. The van der Waals surface area contributed by atoms with Crippen molar-refractivity contribution in [3.8, 4) is 0 Å². The molecule has 0 aliphatic heterocycles. The summed E-state index contributed by atoms with van der Waals surface area (Å²) in [6.07, 6.45) is 4.34. The molecule has 0 heterocycles. The smallest absolute Gasteiger partial charge is 0.279 e. The Hall–Kier alpha value is -1.85. The number of hydroxylamine groups is 2. The molecular weight excluding hydrogens is 254 g/mol. The zero-order valence-corrected chi connectivity index (χ0v) is 10.9. The lowest BCUT2D eigenvalue weighted by molar-refractivity contribution is -0.0756. The van der Waals surface area contributed by atoms with Crippen molar-refractivity contribution in [1.82, 2.24) is 5.06 Å². The highest BCUT2D eigenvalue weighted by molar-refractivity contribution is 6.34. The maximum atomic E-state index is 12.0. The molecule has 5 nitrogen and oxygen atoms in total. The Morgan fingerprint density at radius 3 is 2.89 bits per heavy atom. The molecule has 0 aliphatic rings. The van der Waals surface area contributed by atoms with Crippen LogP contribution in [0.2, 0.25) is 5.02 Å². The van der Waals surface area contributed by atoms with Gasteiger partial charge in [0.1, 0.15) is 0 Å². The van der Waals surface area contributed by atoms with Gasteiger partial charge in [0, 0.05) is 13.3 Å². The normalized spacial score (nSPS) is 11.3. The second-order valence-electron chi connectivity index (χ2n) is 3.28. The van der Waals surface area contributed by atoms with Gasteiger partial charge in [-0.05, 0) is 24.4 Å². The van der Waals surface area contributed by atoms with Crippen LogP contribution >= 0.6 is 11.6 Å². The van der Waals surface area contributed by atoms with E-state index in [0.29, 0.717) is 16.3 Å². The van der Waals surface area contributed by atoms with E-state index in [1.54, 1.807) is 18.2 Å². The number of allylic oxidation sites excluding steroid dienone is 1. The first-order chi connectivity index (χ1) is 8.61. The highest BCUT2D eigenvalue weighted by atomic mass is 35.5. The van der Waals surface area contributed by atoms with Gasteiger partial charge in [-0.1, -0.05) is 17.7 Å². The van der Waals surface area contributed by atoms with E-state index in [9.17, 15) is 4.79 Å². The molecule has 18 heavy (non-hydrogen) atoms. The minimum atomic E-state index is -0.330. The van der Waals surface area contributed by atoms with Crippen LogP contribution in [-0.4, -0.2) is 31.3 Å². The number of aliphatic imine (C=N–C) groups is 1. The topological polar surface area (TPSA) is 67.9 Å². The van der Waals surface area contributed by atoms with Gasteiger partial charge in [-0.25, -0.2) is 5.06 Å². The summed E-state index contributed by atoms with van der Waals surface area (Å²) in [4.78, 5) is 21.0. The number of rotatable bonds is 4. The van der Waals surface area contributed by atoms with Crippen LogP contribution in [0.5, 0.6) is 0 Å². The molecule has 0 spiro atoms. The number of nitrogens with two attached hydrogens (primary N) is 1. The predicted octanol–water partition coefficient (Wildman–Crippen LogP) is 2.15. The monoisotopic (exact) mass is 267 g/mol. The molecule has 1 aromatic rings. The van der Waals surface area contributed by atoms with E-state index < -0.39 is 0 Å². The number of benzene rings is 1. The third kappa shape index (κ3) is 3.32. The Morgan fingerprint density at radius 1 is 1.56 bits per heavy atom. The number of carbonyl (C=O) groups is 1. The van der Waals surface area contributed by atoms with Gasteiger partial charge in [0.25, 0.3) is 5.91 Å². The summed E-state index contributed by atoms with van der Waals surface area (Å²) in [5, 5.41) is 1.48. The van der Waals surface area contributed by atoms with Crippen molar-refractivity contribution in [2.45, 2.75) is 0 Å². The fourth-order valence-corrected chi connectivity index (χ4v) is 1.46. The maximum absolute atomic E-state index is 12.0. The molecule has 0 saturated heterocycles. The molecule has 96 valence electrons. The first-order valence-corrected chi connectivity index (χ1v) is 5.51. The van der Waals surface area contributed by atoms with E-state index in [-0.39, 0.29) is 5.91 Å². The lowest BCUT2D eigenvalue weighted by Crippen LogP contribution is -2.25. The van der Waals surface area contributed by atoms with Gasteiger partial charge in [-0.2, -0.15) is 0 Å². The fourth-order valence-electron chi connectivity index (χ4n) is 1.24. The van der Waals surface area contributed by atoms with Crippen LogP contribution in [0.1, 0.15) is 10.4 Å². The average Bonchev–Trinajstić information content (AvgIpc) is 2.39. The molecule has 0 radical (unpaired) electrons. The number of amides is 1. The van der Waals surface area contributed by atoms with Gasteiger partial charge in [0.2, 0.25) is 0 Å². The van der Waals surface area contributed by atoms with Crippen molar-refractivity contribution in [1.29, 1.82) is 0 Å². The van der Waals surface area contributed by atoms with Crippen LogP contribution in [0, 0.1) is 0 Å². The molecule has 0 unspecified atom stereocenters. The van der Waals surface area contributed by atoms with Gasteiger partial charge >= 0.3 is 0 Å². The molecule has 6 heteroatoms. The van der Waals surface area contributed by atoms with Crippen LogP contribution in [0.25, 0.3) is 0 Å². The van der Waals surface area contributed by atoms with Gasteiger partial charge < -0.3 is 5.73 Å². The third-order valence-corrected chi connectivity index (χ3v) is 2.48. The minimum Gasteiger partial charge on any atom is -0.405 e. The lowest BCUT2D eigenvalue weighted by atomic mass is 10.1. The Labute approximate surface area is 110 Å². The molecule has 0 fully saturated rings. The number of nitrogens with zero attached hydrogens (tertiary/aromatic N) is 2. The molecular formula is C12H14ClN3O2. The van der Waals surface area contributed by atoms with Gasteiger partial charge in [0.15, 0.2) is 0 Å². The van der Waals surface area contributed by atoms with E-state index in [4.69, 9.17) is 22.2 Å². The summed E-state index contributed by atoms with van der Waals surface area (Å²) in [6.45, 7) is 0. The summed E-state index contributed by atoms with van der Waals surface area (Å²) in [5.41, 5.74) is 5.93. The molecule has 0 bridgehead atoms. The minimum absolute atomic E-state index is 0.330. The van der Waals surface area contributed by atoms with E-state index >= 15 is 0 Å². The summed E-state index contributed by atoms with van der Waals surface area (Å²) in [7, 11) is 2.92. The van der Waals surface area contributed by atoms with Crippen molar-refractivity contribution >= 4 is 29.4 Å². The number of para-hydroxylation sites is 1. The molecule has 1 amide bonds. The number of carbonyl (C=O) groups excluding carboxylic acids is 1. The van der Waals surface area contributed by atoms with Crippen molar-refractivity contribution in [2.24, 2.45) is 10.7 Å². The van der Waals surface area contributed by atoms with Crippen LogP contribution in [-0.2, 0) is 4.84 Å². The highest BCUT2D eigenvalue weighted by Crippen LogP contribution is 2.29. The maximum Gasteiger partial charge on any atom is 0.279 e. The Balaban J connectivity index is 3.19. The molecule has 2 N–H and O–H groups in total. The summed E-state index contributed by atoms with van der Waals surface area (Å²) in [6, 6.07) is 4.96. The standard InChI is InChI=1S/C12H14ClN3O2/c1-16(18-2)12(17)9-5-3-6-10(13)11(9)15-8-4-7-14/h3-8H,14H2,1-2H3. The molecule has 0 atom stereocenters. The Bertz CT molecular complexity index is 486. The van der Waals surface area contributed by atoms with E-state index in [1.807, 2.05) is 0 Å². The quantitative estimate of drug-likeness (QED) is 0.671. The molecule has 0 aromatic heterocycles. The summed E-state index contributed by atoms with van der Waals surface area (Å²) < 4.78 is 0. The van der Waals surface area contributed by atoms with Crippen molar-refractivity contribution in [2.75, 3.05) is 14.2 Å². The Morgan fingerprint density at radius 2 is 2.28 bits per heavy atom. The number of halogens is 1. The van der Waals surface area contributed by atoms with Gasteiger partial charge in [-0.3, -0.25) is 14.6 Å². The van der Waals surface area contributed by atoms with E-state index in [2.05, 4.69) is 4.99 Å². The van der Waals surface area contributed by atoms with Crippen LogP contribution < -0.4 is 5.73 Å². The summed E-state index contributed by atoms with van der Waals surface area (Å²) in [5.74, 6) is -0.330. The number of hydrogen-bond acceptors (Lipinski definition) is 4. The number of hydrogen-bond donors (Lipinski definition) is 1. The molecule has 1 rings (SSSR count). The van der Waals surface area contributed by atoms with Crippen molar-refractivity contribution in [3.05, 3.63) is 41.1 Å². The fraction of sp³-hybridized carbons (Fsp3) is 0.167. The lowest BCUT2D eigenvalue weighted by Gasteiger charge is -2.15. The van der Waals surface area contributed by atoms with Crippen molar-refractivity contribution < 1.29 is 9.63 Å². The van der Waals surface area contributed by atoms with Crippen LogP contribution in [0.15, 0.2) is 35.5 Å². The van der Waals surface area contributed by atoms with Crippen molar-refractivity contribution in [3.63, 3.8) is 0 Å². The first kappa shape index (κ1) is 14.2. The third-order valence-electron chi connectivity index (χ3n) is 2.18. The largest absolute Gasteiger partial charge is 0.405 e. The zero-order chi connectivity index (χ0) is 13.5. The molecule has 0 aliphatic carbocycles. The van der Waals surface area contributed by atoms with E-state index in [0.717, 1.165) is 5.06 Å². The second kappa shape index (κ2) is 6.78. The SMILES string of the molecule is CON(C)C(=O)c1cccc(Cl)c1N=CC=CN. The molecule has 1 aromatic carbocycles. The van der Waals surface area contributed by atoms with Crippen LogP contribution in [0.3, 0.4) is 0 Å². The Kier molecular flexibility index (Phi) is 5.35. The van der Waals surface area contributed by atoms with E-state index in [1.165, 1.54) is 32.6 Å². The van der Waals surface area contributed by atoms with Crippen LogP contribution in [0.4, 0.5) is 5.69 Å². The highest BCUT2D eigenvalue weighted by Gasteiger charge is 2.17. The van der Waals surface area contributed by atoms with Gasteiger partial charge in [0.05, 0.1) is 23.4 Å². The average molecular weight is 268 g/mol. The summed E-state index contributed by atoms with van der Waals surface area (Å²) >= 11 is 6.02. The van der Waals surface area contributed by atoms with Gasteiger partial charge in [-0.15, -0.1) is 0 Å². The molecule has 0 saturated carbocycles. The predicted molar refractivity (Wildman–Crippen MR) is 72.0 cm³/mol.